The fourth-order valence-electron chi connectivity index (χ4n) is 2.78. The summed E-state index contributed by atoms with van der Waals surface area (Å²) in [6, 6.07) is 22.4. The van der Waals surface area contributed by atoms with E-state index in [0.29, 0.717) is 23.7 Å². The predicted molar refractivity (Wildman–Crippen MR) is 134 cm³/mol. The molecule has 0 radical (unpaired) electrons. The number of hydrogen-bond acceptors (Lipinski definition) is 3. The lowest BCUT2D eigenvalue weighted by molar-refractivity contribution is 0.282. The number of allylic oxidation sites excluding steroid dienone is 1. The Kier molecular flexibility index (Phi) is 7.56. The number of halogens is 2. The molecule has 3 nitrogen and oxygen atoms in total. The van der Waals surface area contributed by atoms with Crippen LogP contribution in [0.1, 0.15) is 22.3 Å². The molecule has 0 amide bonds. The molecule has 0 N–H and O–H groups in total. The summed E-state index contributed by atoms with van der Waals surface area (Å²) < 4.78 is 13.7. The van der Waals surface area contributed by atoms with Crippen molar-refractivity contribution in [1.29, 1.82) is 5.26 Å². The third-order valence-corrected chi connectivity index (χ3v) is 5.86. The van der Waals surface area contributed by atoms with Crippen LogP contribution in [0.2, 0.25) is 0 Å². The standard InChI is InChI=1S/C24H19I2NO2/c1-16-3-7-19(8-4-16)20(14-27)11-18-12-22(26)24(23(13-18)28-2)29-15-17-5-9-21(25)10-6-17/h3-13H,15H2,1-2H3/b20-11-. The minimum absolute atomic E-state index is 0.464. The molecule has 5 heteroatoms. The normalized spacial score (nSPS) is 11.1. The van der Waals surface area contributed by atoms with Crippen LogP contribution in [-0.4, -0.2) is 7.11 Å². The van der Waals surface area contributed by atoms with Gasteiger partial charge < -0.3 is 9.47 Å². The van der Waals surface area contributed by atoms with Gasteiger partial charge in [-0.1, -0.05) is 42.0 Å². The number of ether oxygens (including phenoxy) is 2. The SMILES string of the molecule is COc1cc(/C=C(/C#N)c2ccc(C)cc2)cc(I)c1OCc1ccc(I)cc1. The first-order valence-electron chi connectivity index (χ1n) is 8.94. The largest absolute Gasteiger partial charge is 0.493 e. The van der Waals surface area contributed by atoms with Gasteiger partial charge in [0, 0.05) is 3.57 Å². The van der Waals surface area contributed by atoms with Crippen LogP contribution in [0.5, 0.6) is 11.5 Å². The van der Waals surface area contributed by atoms with Crippen molar-refractivity contribution in [3.8, 4) is 17.6 Å². The van der Waals surface area contributed by atoms with Crippen molar-refractivity contribution in [3.05, 3.63) is 90.1 Å². The third-order valence-electron chi connectivity index (χ3n) is 4.34. The first kappa shape index (κ1) is 21.7. The van der Waals surface area contributed by atoms with E-state index in [9.17, 15) is 5.26 Å². The van der Waals surface area contributed by atoms with Crippen LogP contribution in [0, 0.1) is 25.4 Å². The highest BCUT2D eigenvalue weighted by Crippen LogP contribution is 2.35. The van der Waals surface area contributed by atoms with Crippen LogP contribution in [-0.2, 0) is 6.61 Å². The highest BCUT2D eigenvalue weighted by atomic mass is 127. The van der Waals surface area contributed by atoms with Crippen LogP contribution in [0.4, 0.5) is 0 Å². The summed E-state index contributed by atoms with van der Waals surface area (Å²) in [5, 5.41) is 9.61. The van der Waals surface area contributed by atoms with Gasteiger partial charge in [0.1, 0.15) is 6.61 Å². The van der Waals surface area contributed by atoms with Crippen LogP contribution in [0.15, 0.2) is 60.7 Å². The average molecular weight is 607 g/mol. The highest BCUT2D eigenvalue weighted by molar-refractivity contribution is 14.1. The third kappa shape index (κ3) is 5.73. The van der Waals surface area contributed by atoms with Crippen LogP contribution < -0.4 is 9.47 Å². The number of rotatable bonds is 6. The van der Waals surface area contributed by atoms with E-state index in [1.807, 2.05) is 49.4 Å². The zero-order valence-corrected chi connectivity index (χ0v) is 20.4. The smallest absolute Gasteiger partial charge is 0.174 e. The number of nitrogens with zero attached hydrogens (tertiary/aromatic N) is 1. The van der Waals surface area contributed by atoms with Gasteiger partial charge in [-0.15, -0.1) is 0 Å². The van der Waals surface area contributed by atoms with Gasteiger partial charge in [-0.25, -0.2) is 0 Å². The van der Waals surface area contributed by atoms with Crippen molar-refractivity contribution in [2.75, 3.05) is 7.11 Å². The quantitative estimate of drug-likeness (QED) is 0.175. The zero-order chi connectivity index (χ0) is 20.8. The van der Waals surface area contributed by atoms with E-state index in [-0.39, 0.29) is 0 Å². The summed E-state index contributed by atoms with van der Waals surface area (Å²) >= 11 is 4.53. The van der Waals surface area contributed by atoms with Gasteiger partial charge >= 0.3 is 0 Å². The molecule has 0 unspecified atom stereocenters. The topological polar surface area (TPSA) is 42.2 Å². The van der Waals surface area contributed by atoms with Crippen molar-refractivity contribution in [3.63, 3.8) is 0 Å². The van der Waals surface area contributed by atoms with Crippen LogP contribution in [0.3, 0.4) is 0 Å². The summed E-state index contributed by atoms with van der Waals surface area (Å²) in [5.41, 5.74) is 4.65. The van der Waals surface area contributed by atoms with Crippen molar-refractivity contribution in [2.45, 2.75) is 13.5 Å². The first-order valence-corrected chi connectivity index (χ1v) is 11.1. The number of nitriles is 1. The highest BCUT2D eigenvalue weighted by Gasteiger charge is 2.12. The van der Waals surface area contributed by atoms with Gasteiger partial charge in [0.2, 0.25) is 0 Å². The number of benzene rings is 3. The molecule has 146 valence electrons. The summed E-state index contributed by atoms with van der Waals surface area (Å²) in [4.78, 5) is 0. The molecule has 3 aromatic carbocycles. The maximum Gasteiger partial charge on any atom is 0.174 e. The van der Waals surface area contributed by atoms with E-state index in [1.54, 1.807) is 7.11 Å². The molecule has 0 spiro atoms. The molecule has 0 aliphatic carbocycles. The maximum atomic E-state index is 9.61. The van der Waals surface area contributed by atoms with E-state index < -0.39 is 0 Å². The fraction of sp³-hybridized carbons (Fsp3) is 0.125. The molecule has 0 saturated carbocycles. The van der Waals surface area contributed by atoms with Crippen LogP contribution >= 0.6 is 45.2 Å². The fourth-order valence-corrected chi connectivity index (χ4v) is 3.92. The second-order valence-electron chi connectivity index (χ2n) is 6.49. The summed E-state index contributed by atoms with van der Waals surface area (Å²) in [5.74, 6) is 1.35. The van der Waals surface area contributed by atoms with E-state index in [1.165, 1.54) is 3.57 Å². The molecule has 0 heterocycles. The maximum absolute atomic E-state index is 9.61. The lowest BCUT2D eigenvalue weighted by atomic mass is 10.0. The average Bonchev–Trinajstić information content (AvgIpc) is 2.72. The van der Waals surface area contributed by atoms with E-state index >= 15 is 0 Å². The molecule has 3 rings (SSSR count). The first-order chi connectivity index (χ1) is 14.0. The van der Waals surface area contributed by atoms with Crippen LogP contribution in [0.25, 0.3) is 11.6 Å². The Labute approximate surface area is 198 Å². The Morgan fingerprint density at radius 2 is 1.72 bits per heavy atom. The summed E-state index contributed by atoms with van der Waals surface area (Å²) in [7, 11) is 1.63. The summed E-state index contributed by atoms with van der Waals surface area (Å²) in [6.45, 7) is 2.49. The van der Waals surface area contributed by atoms with Crippen molar-refractivity contribution >= 4 is 56.8 Å². The van der Waals surface area contributed by atoms with Gasteiger partial charge in [0.15, 0.2) is 11.5 Å². The van der Waals surface area contributed by atoms with Crippen molar-refractivity contribution < 1.29 is 9.47 Å². The minimum atomic E-state index is 0.464. The van der Waals surface area contributed by atoms with Gasteiger partial charge in [0.25, 0.3) is 0 Å². The molecule has 0 atom stereocenters. The molecule has 3 aromatic rings. The monoisotopic (exact) mass is 607 g/mol. The number of hydrogen-bond donors (Lipinski definition) is 0. The lowest BCUT2D eigenvalue weighted by Crippen LogP contribution is -2.00. The Bertz CT molecular complexity index is 1070. The predicted octanol–water partition coefficient (Wildman–Crippen LogP) is 6.86. The Morgan fingerprint density at radius 1 is 1.03 bits per heavy atom. The molecule has 0 aliphatic rings. The zero-order valence-electron chi connectivity index (χ0n) is 16.1. The molecule has 0 bridgehead atoms. The number of methoxy groups -OCH3 is 1. The minimum Gasteiger partial charge on any atom is -0.493 e. The Hall–Kier alpha value is -2.05. The Morgan fingerprint density at radius 3 is 2.34 bits per heavy atom. The molecule has 0 fully saturated rings. The molecule has 29 heavy (non-hydrogen) atoms. The van der Waals surface area contributed by atoms with E-state index in [2.05, 4.69) is 75.5 Å². The van der Waals surface area contributed by atoms with Gasteiger partial charge in [-0.05, 0) is 99.1 Å². The van der Waals surface area contributed by atoms with Crippen molar-refractivity contribution in [2.24, 2.45) is 0 Å². The number of aryl methyl sites for hydroxylation is 1. The Balaban J connectivity index is 1.88. The van der Waals surface area contributed by atoms with E-state index in [4.69, 9.17) is 9.47 Å². The second-order valence-corrected chi connectivity index (χ2v) is 8.89. The molecular formula is C24H19I2NO2. The molecule has 0 aromatic heterocycles. The van der Waals surface area contributed by atoms with Gasteiger partial charge in [-0.3, -0.25) is 0 Å². The molecule has 0 aliphatic heterocycles. The molecule has 0 saturated heterocycles. The second kappa shape index (κ2) is 10.1. The molecular weight excluding hydrogens is 588 g/mol. The summed E-state index contributed by atoms with van der Waals surface area (Å²) in [6.07, 6.45) is 1.87. The lowest BCUT2D eigenvalue weighted by Gasteiger charge is -2.14. The van der Waals surface area contributed by atoms with Gasteiger partial charge in [0.05, 0.1) is 22.3 Å². The van der Waals surface area contributed by atoms with Crippen molar-refractivity contribution in [1.82, 2.24) is 0 Å². The van der Waals surface area contributed by atoms with E-state index in [0.717, 1.165) is 25.8 Å². The van der Waals surface area contributed by atoms with Gasteiger partial charge in [-0.2, -0.15) is 5.26 Å².